The zero-order valence-corrected chi connectivity index (χ0v) is 24.8. The summed E-state index contributed by atoms with van der Waals surface area (Å²) in [6.45, 7) is 3.28. The van der Waals surface area contributed by atoms with Crippen molar-refractivity contribution in [2.75, 3.05) is 23.0 Å². The molecule has 1 unspecified atom stereocenters. The number of nitrogens with zero attached hydrogens (tertiary/aromatic N) is 6. The van der Waals surface area contributed by atoms with Gasteiger partial charge in [-0.1, -0.05) is 29.6 Å². The van der Waals surface area contributed by atoms with E-state index in [0.717, 1.165) is 33.3 Å². The van der Waals surface area contributed by atoms with Gasteiger partial charge in [0.05, 0.1) is 34.9 Å². The summed E-state index contributed by atoms with van der Waals surface area (Å²) in [5.74, 6) is -0.0285. The second-order valence-corrected chi connectivity index (χ2v) is 11.1. The molecule has 1 aromatic carbocycles. The molecule has 3 aromatic heterocycles. The molecule has 0 fully saturated rings. The molecule has 1 amide bonds. The molecule has 4 aromatic rings. The van der Waals surface area contributed by atoms with Crippen molar-refractivity contribution < 1.29 is 18.0 Å². The van der Waals surface area contributed by atoms with Gasteiger partial charge in [-0.3, -0.25) is 23.6 Å². The number of carbonyl (C=O) groups excluding carboxylic acids is 1. The summed E-state index contributed by atoms with van der Waals surface area (Å²) < 4.78 is 43.8. The van der Waals surface area contributed by atoms with Gasteiger partial charge < -0.3 is 10.2 Å². The minimum atomic E-state index is -4.38. The van der Waals surface area contributed by atoms with E-state index in [1.54, 1.807) is 31.5 Å². The molecule has 1 aliphatic rings. The number of carbonyl (C=O) groups is 1. The smallest absolute Gasteiger partial charge is 0.377 e. The number of aryl methyl sites for hydroxylation is 1. The van der Waals surface area contributed by atoms with Crippen LogP contribution in [0.25, 0.3) is 10.9 Å². The SMILES string of the molecule is CSNC(=O)c1nc(Cl)ccc1NC(C)c1cc(C)cc2c(=O)n(C)c(N3CCc4cn(CC(F)(F)F)nc4C3)nc12. The van der Waals surface area contributed by atoms with Crippen molar-refractivity contribution in [3.8, 4) is 0 Å². The van der Waals surface area contributed by atoms with Gasteiger partial charge in [0.25, 0.3) is 11.5 Å². The number of amides is 1. The van der Waals surface area contributed by atoms with E-state index in [1.165, 1.54) is 10.8 Å². The highest BCUT2D eigenvalue weighted by Gasteiger charge is 2.31. The van der Waals surface area contributed by atoms with Crippen molar-refractivity contribution >= 4 is 52.0 Å². The standard InChI is InChI=1S/C27H28ClF3N8O2S/c1-14-9-17(15(2)32-19-5-6-21(28)33-23(19)24(40)36-42-4)22-18(10-14)25(41)37(3)26(34-22)38-8-7-16-11-39(13-27(29,30)31)35-20(16)12-38/h5-6,9-11,15,32H,7-8,12-13H2,1-4H3,(H,36,40). The van der Waals surface area contributed by atoms with Crippen molar-refractivity contribution in [2.45, 2.75) is 45.6 Å². The fraction of sp³-hybridized carbons (Fsp3) is 0.370. The highest BCUT2D eigenvalue weighted by Crippen LogP contribution is 2.30. The molecular formula is C27H28ClF3N8O2S. The Morgan fingerprint density at radius 1 is 1.24 bits per heavy atom. The van der Waals surface area contributed by atoms with Crippen LogP contribution in [0.3, 0.4) is 0 Å². The maximum atomic E-state index is 13.6. The van der Waals surface area contributed by atoms with Crippen LogP contribution in [0.2, 0.25) is 5.15 Å². The third kappa shape index (κ3) is 6.04. The first kappa shape index (κ1) is 29.7. The summed E-state index contributed by atoms with van der Waals surface area (Å²) in [6, 6.07) is 6.54. The zero-order chi connectivity index (χ0) is 30.3. The monoisotopic (exact) mass is 620 g/mol. The Balaban J connectivity index is 1.52. The molecular weight excluding hydrogens is 593 g/mol. The second-order valence-electron chi connectivity index (χ2n) is 10.1. The fourth-order valence-electron chi connectivity index (χ4n) is 5.13. The lowest BCUT2D eigenvalue weighted by Crippen LogP contribution is -2.36. The third-order valence-electron chi connectivity index (χ3n) is 6.98. The average Bonchev–Trinajstić information content (AvgIpc) is 3.31. The molecule has 10 nitrogen and oxygen atoms in total. The Morgan fingerprint density at radius 2 is 2.00 bits per heavy atom. The Morgan fingerprint density at radius 3 is 2.71 bits per heavy atom. The van der Waals surface area contributed by atoms with E-state index in [-0.39, 0.29) is 23.0 Å². The molecule has 4 heterocycles. The molecule has 0 saturated carbocycles. The molecule has 1 atom stereocenters. The highest BCUT2D eigenvalue weighted by molar-refractivity contribution is 7.97. The number of alkyl halides is 3. The van der Waals surface area contributed by atoms with E-state index in [1.807, 2.05) is 24.8 Å². The number of aromatic nitrogens is 5. The van der Waals surface area contributed by atoms with Crippen molar-refractivity contribution in [2.24, 2.45) is 7.05 Å². The average molecular weight is 621 g/mol. The normalized spacial score (nSPS) is 14.1. The first-order chi connectivity index (χ1) is 19.8. The second kappa shape index (κ2) is 11.5. The van der Waals surface area contributed by atoms with Crippen LogP contribution < -0.4 is 20.5 Å². The lowest BCUT2D eigenvalue weighted by atomic mass is 10.0. The van der Waals surface area contributed by atoms with Gasteiger partial charge in [-0.15, -0.1) is 0 Å². The Hall–Kier alpha value is -3.78. The fourth-order valence-corrected chi connectivity index (χ4v) is 5.56. The quantitative estimate of drug-likeness (QED) is 0.224. The third-order valence-corrected chi connectivity index (χ3v) is 7.58. The molecule has 222 valence electrons. The van der Waals surface area contributed by atoms with Gasteiger partial charge in [0.1, 0.15) is 11.7 Å². The van der Waals surface area contributed by atoms with Crippen LogP contribution in [-0.4, -0.2) is 49.2 Å². The summed E-state index contributed by atoms with van der Waals surface area (Å²) >= 11 is 7.20. The summed E-state index contributed by atoms with van der Waals surface area (Å²) in [6.07, 6.45) is -0.762. The molecule has 0 spiro atoms. The minimum Gasteiger partial charge on any atom is -0.377 e. The molecule has 5 rings (SSSR count). The van der Waals surface area contributed by atoms with E-state index < -0.39 is 24.7 Å². The number of benzene rings is 1. The van der Waals surface area contributed by atoms with Gasteiger partial charge in [0, 0.05) is 31.6 Å². The van der Waals surface area contributed by atoms with Crippen molar-refractivity contribution in [3.05, 3.63) is 74.0 Å². The number of fused-ring (bicyclic) bond motifs is 2. The van der Waals surface area contributed by atoms with Crippen LogP contribution in [0, 0.1) is 6.92 Å². The van der Waals surface area contributed by atoms with E-state index in [2.05, 4.69) is 20.1 Å². The number of halogens is 4. The summed E-state index contributed by atoms with van der Waals surface area (Å²) in [7, 11) is 1.63. The van der Waals surface area contributed by atoms with Gasteiger partial charge in [0.2, 0.25) is 5.95 Å². The summed E-state index contributed by atoms with van der Waals surface area (Å²) in [4.78, 5) is 37.2. The first-order valence-electron chi connectivity index (χ1n) is 13.0. The van der Waals surface area contributed by atoms with Crippen molar-refractivity contribution in [1.82, 2.24) is 29.0 Å². The Labute approximate surface area is 248 Å². The summed E-state index contributed by atoms with van der Waals surface area (Å²) in [5.41, 5.74) is 3.64. The van der Waals surface area contributed by atoms with Gasteiger partial charge in [-0.25, -0.2) is 9.97 Å². The van der Waals surface area contributed by atoms with Crippen LogP contribution in [0.5, 0.6) is 0 Å². The van der Waals surface area contributed by atoms with E-state index in [0.29, 0.717) is 41.2 Å². The molecule has 42 heavy (non-hydrogen) atoms. The lowest BCUT2D eigenvalue weighted by molar-refractivity contribution is -0.142. The number of nitrogens with one attached hydrogen (secondary N) is 2. The minimum absolute atomic E-state index is 0.124. The Bertz CT molecular complexity index is 1740. The number of anilines is 2. The topological polar surface area (TPSA) is 110 Å². The number of hydrogen-bond acceptors (Lipinski definition) is 8. The van der Waals surface area contributed by atoms with Crippen LogP contribution in [0.15, 0.2) is 35.3 Å². The van der Waals surface area contributed by atoms with Gasteiger partial charge >= 0.3 is 6.18 Å². The summed E-state index contributed by atoms with van der Waals surface area (Å²) in [5, 5.41) is 8.07. The molecule has 1 aliphatic heterocycles. The maximum absolute atomic E-state index is 13.6. The van der Waals surface area contributed by atoms with Crippen molar-refractivity contribution in [1.29, 1.82) is 0 Å². The molecule has 2 N–H and O–H groups in total. The van der Waals surface area contributed by atoms with Gasteiger partial charge in [0.15, 0.2) is 5.69 Å². The van der Waals surface area contributed by atoms with E-state index in [9.17, 15) is 22.8 Å². The maximum Gasteiger partial charge on any atom is 0.408 e. The van der Waals surface area contributed by atoms with Gasteiger partial charge in [-0.05, 0) is 49.6 Å². The van der Waals surface area contributed by atoms with Crippen molar-refractivity contribution in [3.63, 3.8) is 0 Å². The molecule has 0 saturated heterocycles. The number of pyridine rings is 1. The van der Waals surface area contributed by atoms with Crippen LogP contribution in [0.1, 0.15) is 45.8 Å². The van der Waals surface area contributed by atoms with E-state index >= 15 is 0 Å². The van der Waals surface area contributed by atoms with Gasteiger partial charge in [-0.2, -0.15) is 18.3 Å². The molecule has 15 heteroatoms. The molecule has 0 aliphatic carbocycles. The predicted molar refractivity (Wildman–Crippen MR) is 157 cm³/mol. The van der Waals surface area contributed by atoms with Crippen LogP contribution >= 0.6 is 23.5 Å². The number of rotatable bonds is 7. The predicted octanol–water partition coefficient (Wildman–Crippen LogP) is 4.79. The zero-order valence-electron chi connectivity index (χ0n) is 23.2. The van der Waals surface area contributed by atoms with Crippen LogP contribution in [0.4, 0.5) is 24.8 Å². The van der Waals surface area contributed by atoms with Crippen LogP contribution in [-0.2, 0) is 26.6 Å². The Kier molecular flexibility index (Phi) is 8.12. The molecule has 0 radical (unpaired) electrons. The largest absolute Gasteiger partial charge is 0.408 e. The highest BCUT2D eigenvalue weighted by atomic mass is 35.5. The van der Waals surface area contributed by atoms with E-state index in [4.69, 9.17) is 16.6 Å². The molecule has 0 bridgehead atoms. The first-order valence-corrected chi connectivity index (χ1v) is 14.6. The lowest BCUT2D eigenvalue weighted by Gasteiger charge is -2.29. The number of hydrogen-bond donors (Lipinski definition) is 2.